The van der Waals surface area contributed by atoms with Crippen molar-refractivity contribution in [2.45, 2.75) is 27.7 Å². The molecule has 8 aromatic rings. The van der Waals surface area contributed by atoms with Crippen molar-refractivity contribution in [3.63, 3.8) is 0 Å². The minimum Gasteiger partial charge on any atom is -0.497 e. The van der Waals surface area contributed by atoms with E-state index in [-0.39, 0.29) is 0 Å². The van der Waals surface area contributed by atoms with Gasteiger partial charge in [0.1, 0.15) is 23.0 Å². The Kier molecular flexibility index (Phi) is 11.3. The van der Waals surface area contributed by atoms with Crippen LogP contribution in [0.5, 0.6) is 23.0 Å². The number of methoxy groups -OCH3 is 4. The highest BCUT2D eigenvalue weighted by Gasteiger charge is 2.16. The van der Waals surface area contributed by atoms with Gasteiger partial charge >= 0.3 is 0 Å². The molecule has 0 bridgehead atoms. The Bertz CT molecular complexity index is 2670. The molecule has 0 aliphatic carbocycles. The van der Waals surface area contributed by atoms with Crippen LogP contribution in [0.15, 0.2) is 158 Å². The molecule has 0 aliphatic heterocycles. The van der Waals surface area contributed by atoms with Gasteiger partial charge < -0.3 is 18.9 Å². The molecule has 8 rings (SSSR count). The molecule has 0 heterocycles. The third kappa shape index (κ3) is 7.89. The van der Waals surface area contributed by atoms with Crippen molar-refractivity contribution in [2.24, 2.45) is 0 Å². The third-order valence-corrected chi connectivity index (χ3v) is 11.7. The third-order valence-electron chi connectivity index (χ3n) is 11.7. The zero-order valence-electron chi connectivity index (χ0n) is 35.6. The predicted octanol–water partition coefficient (Wildman–Crippen LogP) is 14.6. The Labute approximate surface area is 354 Å². The van der Waals surface area contributed by atoms with Gasteiger partial charge in [0.05, 0.1) is 28.4 Å². The lowest BCUT2D eigenvalue weighted by Crippen LogP contribution is -1.93. The molecule has 0 spiro atoms. The maximum absolute atomic E-state index is 5.92. The first-order chi connectivity index (χ1) is 29.2. The topological polar surface area (TPSA) is 36.9 Å². The SMILES string of the molecule is COc1cccc(-c2ccc(-c3ccc(-c4ccc(-c5ccc(-c6ccc(-c7ccc(-c8cccc(OC)c8)cc7OC)c(C)c6)cc5C)c(C)c4)cc3C)c(OC)c2)c1. The number of hydrogen-bond acceptors (Lipinski definition) is 4. The summed E-state index contributed by atoms with van der Waals surface area (Å²) in [4.78, 5) is 0. The van der Waals surface area contributed by atoms with Crippen LogP contribution in [0.1, 0.15) is 22.3 Å². The van der Waals surface area contributed by atoms with Crippen molar-refractivity contribution in [1.82, 2.24) is 0 Å². The van der Waals surface area contributed by atoms with Gasteiger partial charge in [-0.1, -0.05) is 121 Å². The van der Waals surface area contributed by atoms with Gasteiger partial charge in [-0.25, -0.2) is 0 Å². The summed E-state index contributed by atoms with van der Waals surface area (Å²) in [7, 11) is 6.85. The molecule has 4 nitrogen and oxygen atoms in total. The van der Waals surface area contributed by atoms with Gasteiger partial charge in [0.15, 0.2) is 0 Å². The van der Waals surface area contributed by atoms with E-state index in [4.69, 9.17) is 18.9 Å². The smallest absolute Gasteiger partial charge is 0.127 e. The molecule has 0 aromatic heterocycles. The summed E-state index contributed by atoms with van der Waals surface area (Å²) in [5.74, 6) is 3.34. The summed E-state index contributed by atoms with van der Waals surface area (Å²) in [6.45, 7) is 8.77. The van der Waals surface area contributed by atoms with Crippen LogP contribution in [0.2, 0.25) is 0 Å². The normalized spacial score (nSPS) is 11.0. The van der Waals surface area contributed by atoms with Gasteiger partial charge in [0, 0.05) is 11.1 Å². The van der Waals surface area contributed by atoms with E-state index in [0.29, 0.717) is 0 Å². The standard InChI is InChI=1S/C56H50O4/c1-35-27-41(43-17-23-51(37(3)29-43)53-25-19-45(33-55(53)59-7)39-11-9-13-47(31-39)57-5)15-21-49(35)50-22-16-42(28-36(50)2)44-18-24-52(38(4)30-44)54-26-20-46(34-56(54)60-8)40-12-10-14-48(32-40)58-6/h9-34H,1-8H3. The second-order valence-corrected chi connectivity index (χ2v) is 15.4. The molecule has 8 aromatic carbocycles. The summed E-state index contributed by atoms with van der Waals surface area (Å²) in [6.07, 6.45) is 0. The average molecular weight is 787 g/mol. The van der Waals surface area contributed by atoms with Crippen LogP contribution in [0, 0.1) is 27.7 Å². The largest absolute Gasteiger partial charge is 0.497 e. The number of hydrogen-bond donors (Lipinski definition) is 0. The second kappa shape index (κ2) is 17.1. The lowest BCUT2D eigenvalue weighted by atomic mass is 9.89. The Hall–Kier alpha value is -7.04. The molecule has 0 aliphatic rings. The van der Waals surface area contributed by atoms with E-state index in [2.05, 4.69) is 149 Å². The van der Waals surface area contributed by atoms with Gasteiger partial charge in [-0.2, -0.15) is 0 Å². The van der Waals surface area contributed by atoms with Crippen molar-refractivity contribution in [2.75, 3.05) is 28.4 Å². The van der Waals surface area contributed by atoms with Crippen molar-refractivity contribution < 1.29 is 18.9 Å². The van der Waals surface area contributed by atoms with Crippen molar-refractivity contribution in [3.05, 3.63) is 180 Å². The van der Waals surface area contributed by atoms with Gasteiger partial charge in [-0.3, -0.25) is 0 Å². The molecule has 0 radical (unpaired) electrons. The van der Waals surface area contributed by atoms with E-state index in [1.54, 1.807) is 28.4 Å². The van der Waals surface area contributed by atoms with Crippen molar-refractivity contribution in [3.8, 4) is 101 Å². The average Bonchev–Trinajstić information content (AvgIpc) is 3.28. The number of ether oxygens (including phenoxy) is 4. The summed E-state index contributed by atoms with van der Waals surface area (Å²) in [5, 5.41) is 0. The Balaban J connectivity index is 1.01. The minimum atomic E-state index is 0.831. The molecule has 4 heteroatoms. The molecule has 0 fully saturated rings. The van der Waals surface area contributed by atoms with Crippen LogP contribution in [0.25, 0.3) is 77.9 Å². The molecular weight excluding hydrogens is 737 g/mol. The van der Waals surface area contributed by atoms with Gasteiger partial charge in [0.2, 0.25) is 0 Å². The monoisotopic (exact) mass is 786 g/mol. The maximum atomic E-state index is 5.92. The number of aryl methyl sites for hydroxylation is 4. The fourth-order valence-electron chi connectivity index (χ4n) is 8.37. The fraction of sp³-hybridized carbons (Fsp3) is 0.143. The first kappa shape index (κ1) is 39.8. The van der Waals surface area contributed by atoms with Crippen LogP contribution >= 0.6 is 0 Å². The summed E-state index contributed by atoms with van der Waals surface area (Å²) in [5.41, 5.74) is 20.9. The molecule has 0 N–H and O–H groups in total. The highest BCUT2D eigenvalue weighted by molar-refractivity contribution is 5.84. The van der Waals surface area contributed by atoms with Crippen LogP contribution in [0.3, 0.4) is 0 Å². The molecule has 298 valence electrons. The highest BCUT2D eigenvalue weighted by atomic mass is 16.5. The Morgan fingerprint density at radius 2 is 0.517 bits per heavy atom. The first-order valence-electron chi connectivity index (χ1n) is 20.3. The molecule has 0 saturated carbocycles. The molecule has 0 atom stereocenters. The Morgan fingerprint density at radius 3 is 0.800 bits per heavy atom. The summed E-state index contributed by atoms with van der Waals surface area (Å²) < 4.78 is 22.7. The second-order valence-electron chi connectivity index (χ2n) is 15.4. The molecule has 60 heavy (non-hydrogen) atoms. The maximum Gasteiger partial charge on any atom is 0.127 e. The quantitative estimate of drug-likeness (QED) is 0.131. The molecule has 0 amide bonds. The van der Waals surface area contributed by atoms with Crippen LogP contribution in [-0.4, -0.2) is 28.4 Å². The van der Waals surface area contributed by atoms with Gasteiger partial charge in [0.25, 0.3) is 0 Å². The van der Waals surface area contributed by atoms with E-state index in [9.17, 15) is 0 Å². The Morgan fingerprint density at radius 1 is 0.250 bits per heavy atom. The zero-order valence-corrected chi connectivity index (χ0v) is 35.6. The number of rotatable bonds is 11. The van der Waals surface area contributed by atoms with Gasteiger partial charge in [-0.15, -0.1) is 0 Å². The lowest BCUT2D eigenvalue weighted by molar-refractivity contribution is 0.414. The zero-order chi connectivity index (χ0) is 41.9. The van der Waals surface area contributed by atoms with Gasteiger partial charge in [-0.05, 0) is 153 Å². The summed E-state index contributed by atoms with van der Waals surface area (Å²) >= 11 is 0. The molecular formula is C56H50O4. The number of benzene rings is 8. The highest BCUT2D eigenvalue weighted by Crippen LogP contribution is 2.41. The first-order valence-corrected chi connectivity index (χ1v) is 20.3. The molecule has 0 unspecified atom stereocenters. The predicted molar refractivity (Wildman–Crippen MR) is 250 cm³/mol. The molecule has 0 saturated heterocycles. The van der Waals surface area contributed by atoms with Crippen LogP contribution in [0.4, 0.5) is 0 Å². The van der Waals surface area contributed by atoms with E-state index in [0.717, 1.165) is 67.5 Å². The lowest BCUT2D eigenvalue weighted by Gasteiger charge is -2.16. The van der Waals surface area contributed by atoms with E-state index in [1.807, 2.05) is 36.4 Å². The van der Waals surface area contributed by atoms with E-state index in [1.165, 1.54) is 55.6 Å². The minimum absolute atomic E-state index is 0.831. The van der Waals surface area contributed by atoms with Crippen molar-refractivity contribution >= 4 is 0 Å². The van der Waals surface area contributed by atoms with Crippen LogP contribution in [-0.2, 0) is 0 Å². The van der Waals surface area contributed by atoms with E-state index >= 15 is 0 Å². The summed E-state index contributed by atoms with van der Waals surface area (Å²) in [6, 6.07) is 56.1. The fourth-order valence-corrected chi connectivity index (χ4v) is 8.37. The van der Waals surface area contributed by atoms with Crippen molar-refractivity contribution in [1.29, 1.82) is 0 Å². The van der Waals surface area contributed by atoms with Crippen LogP contribution < -0.4 is 18.9 Å². The van der Waals surface area contributed by atoms with E-state index < -0.39 is 0 Å².